The molecule has 2 heteroatoms. The Morgan fingerprint density at radius 3 is 2.47 bits per heavy atom. The minimum Gasteiger partial charge on any atom is -0.264 e. The monoisotopic (exact) mass is 243 g/mol. The minimum absolute atomic E-state index is 0.680. The molecule has 1 atom stereocenters. The van der Waals surface area contributed by atoms with Crippen LogP contribution in [0.2, 0.25) is 0 Å². The van der Waals surface area contributed by atoms with Gasteiger partial charge in [0.1, 0.15) is 0 Å². The van der Waals surface area contributed by atoms with E-state index in [0.717, 1.165) is 0 Å². The van der Waals surface area contributed by atoms with Crippen molar-refractivity contribution in [3.05, 3.63) is 48.8 Å². The first-order chi connectivity index (χ1) is 8.29. The summed E-state index contributed by atoms with van der Waals surface area (Å²) in [4.78, 5) is 5.48. The lowest BCUT2D eigenvalue weighted by Crippen LogP contribution is -1.91. The van der Waals surface area contributed by atoms with Gasteiger partial charge in [-0.15, -0.1) is 11.8 Å². The Balaban J connectivity index is 2.13. The Hall–Kier alpha value is -1.28. The van der Waals surface area contributed by atoms with E-state index in [1.165, 1.54) is 22.4 Å². The number of rotatable bonds is 4. The lowest BCUT2D eigenvalue weighted by Gasteiger charge is -2.08. The fourth-order valence-electron chi connectivity index (χ4n) is 1.58. The molecule has 0 aliphatic heterocycles. The number of benzene rings is 1. The second-order valence-corrected chi connectivity index (χ2v) is 5.61. The van der Waals surface area contributed by atoms with Gasteiger partial charge in [0, 0.05) is 22.5 Å². The Labute approximate surface area is 107 Å². The minimum atomic E-state index is 0.680. The molecule has 0 spiro atoms. The standard InChI is InChI=1S/C15H17NS/c1-3-12(2)17-15-8-6-13(7-9-15)14-5-4-10-16-11-14/h4-12H,3H2,1-2H3/t12-/m0/s1. The van der Waals surface area contributed by atoms with Crippen molar-refractivity contribution < 1.29 is 0 Å². The zero-order chi connectivity index (χ0) is 12.1. The van der Waals surface area contributed by atoms with Gasteiger partial charge in [-0.2, -0.15) is 0 Å². The molecular formula is C15H17NS. The van der Waals surface area contributed by atoms with Crippen LogP contribution in [0.4, 0.5) is 0 Å². The van der Waals surface area contributed by atoms with E-state index in [-0.39, 0.29) is 0 Å². The quantitative estimate of drug-likeness (QED) is 0.726. The molecule has 17 heavy (non-hydrogen) atoms. The van der Waals surface area contributed by atoms with E-state index in [2.05, 4.69) is 49.2 Å². The number of thioether (sulfide) groups is 1. The topological polar surface area (TPSA) is 12.9 Å². The zero-order valence-electron chi connectivity index (χ0n) is 10.3. The van der Waals surface area contributed by atoms with Crippen molar-refractivity contribution in [2.24, 2.45) is 0 Å². The van der Waals surface area contributed by atoms with Crippen molar-refractivity contribution in [2.45, 2.75) is 30.4 Å². The van der Waals surface area contributed by atoms with Crippen molar-refractivity contribution >= 4 is 11.8 Å². The maximum atomic E-state index is 4.14. The SMILES string of the molecule is CC[C@H](C)Sc1ccc(-c2cccnc2)cc1. The Morgan fingerprint density at radius 2 is 1.88 bits per heavy atom. The van der Waals surface area contributed by atoms with Crippen LogP contribution >= 0.6 is 11.8 Å². The van der Waals surface area contributed by atoms with E-state index in [1.54, 1.807) is 6.20 Å². The summed E-state index contributed by atoms with van der Waals surface area (Å²) in [7, 11) is 0. The average molecular weight is 243 g/mol. The highest BCUT2D eigenvalue weighted by molar-refractivity contribution is 7.99. The molecule has 1 aromatic carbocycles. The van der Waals surface area contributed by atoms with Crippen molar-refractivity contribution in [1.82, 2.24) is 4.98 Å². The second-order valence-electron chi connectivity index (χ2n) is 4.10. The van der Waals surface area contributed by atoms with Gasteiger partial charge in [-0.3, -0.25) is 4.98 Å². The molecule has 1 nitrogen and oxygen atoms in total. The fraction of sp³-hybridized carbons (Fsp3) is 0.267. The summed E-state index contributed by atoms with van der Waals surface area (Å²) in [5.41, 5.74) is 2.40. The molecule has 0 unspecified atom stereocenters. The van der Waals surface area contributed by atoms with E-state index < -0.39 is 0 Å². The molecule has 1 aromatic heterocycles. The highest BCUT2D eigenvalue weighted by Crippen LogP contribution is 2.27. The van der Waals surface area contributed by atoms with Gasteiger partial charge in [0.05, 0.1) is 0 Å². The molecular weight excluding hydrogens is 226 g/mol. The van der Waals surface area contributed by atoms with Crippen molar-refractivity contribution in [3.8, 4) is 11.1 Å². The largest absolute Gasteiger partial charge is 0.264 e. The molecule has 0 radical (unpaired) electrons. The number of aromatic nitrogens is 1. The van der Waals surface area contributed by atoms with Gasteiger partial charge in [-0.05, 0) is 35.7 Å². The molecule has 2 rings (SSSR count). The number of hydrogen-bond donors (Lipinski definition) is 0. The van der Waals surface area contributed by atoms with Gasteiger partial charge in [0.2, 0.25) is 0 Å². The first-order valence-electron chi connectivity index (χ1n) is 5.96. The lowest BCUT2D eigenvalue weighted by atomic mass is 10.1. The summed E-state index contributed by atoms with van der Waals surface area (Å²) in [5, 5.41) is 0.680. The zero-order valence-corrected chi connectivity index (χ0v) is 11.1. The Bertz CT molecular complexity index is 450. The second kappa shape index (κ2) is 5.87. The van der Waals surface area contributed by atoms with E-state index in [9.17, 15) is 0 Å². The van der Waals surface area contributed by atoms with Gasteiger partial charge in [0.15, 0.2) is 0 Å². The van der Waals surface area contributed by atoms with Gasteiger partial charge in [-0.25, -0.2) is 0 Å². The first-order valence-corrected chi connectivity index (χ1v) is 6.84. The normalized spacial score (nSPS) is 12.4. The van der Waals surface area contributed by atoms with Crippen molar-refractivity contribution in [2.75, 3.05) is 0 Å². The molecule has 88 valence electrons. The molecule has 0 bridgehead atoms. The molecule has 2 aromatic rings. The van der Waals surface area contributed by atoms with Crippen LogP contribution in [-0.2, 0) is 0 Å². The molecule has 0 N–H and O–H groups in total. The maximum absolute atomic E-state index is 4.14. The van der Waals surface area contributed by atoms with Crippen LogP contribution in [0.1, 0.15) is 20.3 Å². The summed E-state index contributed by atoms with van der Waals surface area (Å²) in [6, 6.07) is 12.8. The molecule has 0 fully saturated rings. The Kier molecular flexibility index (Phi) is 4.21. The van der Waals surface area contributed by atoms with Gasteiger partial charge in [-0.1, -0.05) is 32.0 Å². The molecule has 0 saturated heterocycles. The van der Waals surface area contributed by atoms with E-state index in [0.29, 0.717) is 5.25 Å². The first kappa shape index (κ1) is 12.2. The van der Waals surface area contributed by atoms with Crippen LogP contribution in [0.5, 0.6) is 0 Å². The van der Waals surface area contributed by atoms with Crippen LogP contribution in [-0.4, -0.2) is 10.2 Å². The van der Waals surface area contributed by atoms with Crippen LogP contribution in [0.25, 0.3) is 11.1 Å². The smallest absolute Gasteiger partial charge is 0.0346 e. The number of pyridine rings is 1. The Morgan fingerprint density at radius 1 is 1.12 bits per heavy atom. The van der Waals surface area contributed by atoms with E-state index in [1.807, 2.05) is 24.0 Å². The maximum Gasteiger partial charge on any atom is 0.0346 e. The highest BCUT2D eigenvalue weighted by atomic mass is 32.2. The van der Waals surface area contributed by atoms with Gasteiger partial charge < -0.3 is 0 Å². The predicted octanol–water partition coefficient (Wildman–Crippen LogP) is 4.64. The van der Waals surface area contributed by atoms with Crippen molar-refractivity contribution in [3.63, 3.8) is 0 Å². The number of hydrogen-bond acceptors (Lipinski definition) is 2. The lowest BCUT2D eigenvalue weighted by molar-refractivity contribution is 0.906. The van der Waals surface area contributed by atoms with Gasteiger partial charge in [0.25, 0.3) is 0 Å². The number of nitrogens with zero attached hydrogens (tertiary/aromatic N) is 1. The molecule has 0 aliphatic rings. The third-order valence-corrected chi connectivity index (χ3v) is 4.04. The summed E-state index contributed by atoms with van der Waals surface area (Å²) in [6.45, 7) is 4.49. The fourth-order valence-corrected chi connectivity index (χ4v) is 2.50. The predicted molar refractivity (Wildman–Crippen MR) is 75.3 cm³/mol. The van der Waals surface area contributed by atoms with Crippen molar-refractivity contribution in [1.29, 1.82) is 0 Å². The van der Waals surface area contributed by atoms with Crippen LogP contribution in [0.15, 0.2) is 53.7 Å². The summed E-state index contributed by atoms with van der Waals surface area (Å²) >= 11 is 1.93. The molecule has 0 saturated carbocycles. The third kappa shape index (κ3) is 3.34. The average Bonchev–Trinajstić information content (AvgIpc) is 2.40. The highest BCUT2D eigenvalue weighted by Gasteiger charge is 2.02. The van der Waals surface area contributed by atoms with Crippen LogP contribution in [0.3, 0.4) is 0 Å². The molecule has 0 amide bonds. The van der Waals surface area contributed by atoms with E-state index >= 15 is 0 Å². The summed E-state index contributed by atoms with van der Waals surface area (Å²) < 4.78 is 0. The summed E-state index contributed by atoms with van der Waals surface area (Å²) in [6.07, 6.45) is 4.91. The molecule has 0 aliphatic carbocycles. The van der Waals surface area contributed by atoms with E-state index in [4.69, 9.17) is 0 Å². The third-order valence-electron chi connectivity index (χ3n) is 2.76. The van der Waals surface area contributed by atoms with Crippen LogP contribution in [0, 0.1) is 0 Å². The molecule has 1 heterocycles. The van der Waals surface area contributed by atoms with Crippen LogP contribution < -0.4 is 0 Å². The summed E-state index contributed by atoms with van der Waals surface area (Å²) in [5.74, 6) is 0. The van der Waals surface area contributed by atoms with Gasteiger partial charge >= 0.3 is 0 Å².